The van der Waals surface area contributed by atoms with Crippen molar-refractivity contribution in [1.82, 2.24) is 0 Å². The van der Waals surface area contributed by atoms with Gasteiger partial charge in [0.05, 0.1) is 0 Å². The van der Waals surface area contributed by atoms with Gasteiger partial charge in [-0.3, -0.25) is 0 Å². The van der Waals surface area contributed by atoms with Gasteiger partial charge < -0.3 is 5.73 Å². The number of hydrogen-bond donors (Lipinski definition) is 1. The van der Waals surface area contributed by atoms with Gasteiger partial charge in [-0.1, -0.05) is 86.6 Å². The second-order valence-corrected chi connectivity index (χ2v) is 4.82. The van der Waals surface area contributed by atoms with Gasteiger partial charge in [0, 0.05) is 0 Å². The summed E-state index contributed by atoms with van der Waals surface area (Å²) in [7, 11) is 0. The largest absolute Gasteiger partial charge is 0.331 e. The third-order valence-corrected chi connectivity index (χ3v) is 2.62. The van der Waals surface area contributed by atoms with E-state index in [1.54, 1.807) is 6.08 Å². The zero-order valence-electron chi connectivity index (χ0n) is 15.3. The van der Waals surface area contributed by atoms with Gasteiger partial charge in [0.15, 0.2) is 0 Å². The van der Waals surface area contributed by atoms with E-state index in [1.165, 1.54) is 32.1 Å². The summed E-state index contributed by atoms with van der Waals surface area (Å²) in [5.41, 5.74) is 4.85. The van der Waals surface area contributed by atoms with Crippen LogP contribution < -0.4 is 5.73 Å². The predicted molar refractivity (Wildman–Crippen MR) is 94.7 cm³/mol. The molecule has 19 heavy (non-hydrogen) atoms. The SMILES string of the molecule is C=CC.CC.CCC(C)C.CCC1CCC1.CCN. The smallest absolute Gasteiger partial charge is 0.0106 e. The van der Waals surface area contributed by atoms with Crippen LogP contribution in [0.25, 0.3) is 0 Å². The van der Waals surface area contributed by atoms with E-state index >= 15 is 0 Å². The Morgan fingerprint density at radius 2 is 1.42 bits per heavy atom. The van der Waals surface area contributed by atoms with Crippen molar-refractivity contribution in [3.63, 3.8) is 0 Å². The molecule has 2 N–H and O–H groups in total. The first kappa shape index (κ1) is 27.1. The molecule has 0 spiro atoms. The first-order chi connectivity index (χ1) is 9.03. The maximum atomic E-state index is 4.85. The van der Waals surface area contributed by atoms with Gasteiger partial charge in [0.1, 0.15) is 0 Å². The highest BCUT2D eigenvalue weighted by atomic mass is 14.5. The van der Waals surface area contributed by atoms with Gasteiger partial charge in [0.25, 0.3) is 0 Å². The molecule has 0 atom stereocenters. The van der Waals surface area contributed by atoms with Crippen LogP contribution in [0.4, 0.5) is 0 Å². The van der Waals surface area contributed by atoms with Crippen molar-refractivity contribution >= 4 is 0 Å². The van der Waals surface area contributed by atoms with E-state index in [0.29, 0.717) is 0 Å². The maximum absolute atomic E-state index is 4.85. The summed E-state index contributed by atoms with van der Waals surface area (Å²) < 4.78 is 0. The van der Waals surface area contributed by atoms with Crippen molar-refractivity contribution in [2.75, 3.05) is 6.54 Å². The van der Waals surface area contributed by atoms with E-state index in [4.69, 9.17) is 5.73 Å². The summed E-state index contributed by atoms with van der Waals surface area (Å²) in [6.07, 6.45) is 8.99. The van der Waals surface area contributed by atoms with Gasteiger partial charge in [-0.25, -0.2) is 0 Å². The molecule has 0 saturated heterocycles. The van der Waals surface area contributed by atoms with Crippen LogP contribution in [0.2, 0.25) is 0 Å². The van der Waals surface area contributed by atoms with E-state index in [1.807, 2.05) is 27.7 Å². The molecule has 0 aromatic heterocycles. The maximum Gasteiger partial charge on any atom is -0.0106 e. The Morgan fingerprint density at radius 3 is 1.42 bits per heavy atom. The molecule has 0 aromatic rings. The highest BCUT2D eigenvalue weighted by Gasteiger charge is 2.13. The van der Waals surface area contributed by atoms with Crippen molar-refractivity contribution in [3.05, 3.63) is 12.7 Å². The lowest BCUT2D eigenvalue weighted by Gasteiger charge is -2.22. The van der Waals surface area contributed by atoms with Crippen molar-refractivity contribution in [2.24, 2.45) is 17.6 Å². The minimum atomic E-state index is 0.750. The minimum Gasteiger partial charge on any atom is -0.331 e. The summed E-state index contributed by atoms with van der Waals surface area (Å²) in [6, 6.07) is 0. The van der Waals surface area contributed by atoms with Crippen molar-refractivity contribution in [1.29, 1.82) is 0 Å². The zero-order chi connectivity index (χ0) is 16.1. The average Bonchev–Trinajstić information content (AvgIpc) is 2.33. The molecule has 0 bridgehead atoms. The van der Waals surface area contributed by atoms with Crippen LogP contribution in [0.15, 0.2) is 12.7 Å². The standard InChI is InChI=1S/C6H12.C5H12.C3H6.C2H7N.C2H6/c1-2-6-4-3-5-6;1-4-5(2)3;1-3-2;1-2-3;1-2/h6H,2-5H2,1H3;5H,4H2,1-3H3;3H,1H2,2H3;2-3H2,1H3;1-2H3. The topological polar surface area (TPSA) is 26.0 Å². The lowest BCUT2D eigenvalue weighted by molar-refractivity contribution is 0.307. The van der Waals surface area contributed by atoms with Gasteiger partial charge in [-0.15, -0.1) is 6.58 Å². The molecule has 1 rings (SSSR count). The van der Waals surface area contributed by atoms with Crippen LogP contribution in [-0.2, 0) is 0 Å². The zero-order valence-corrected chi connectivity index (χ0v) is 15.3. The normalized spacial score (nSPS) is 11.9. The fraction of sp³-hybridized carbons (Fsp3) is 0.889. The third-order valence-electron chi connectivity index (χ3n) is 2.62. The van der Waals surface area contributed by atoms with Gasteiger partial charge in [-0.05, 0) is 25.3 Å². The Morgan fingerprint density at radius 1 is 1.16 bits per heavy atom. The minimum absolute atomic E-state index is 0.750. The van der Waals surface area contributed by atoms with E-state index in [-0.39, 0.29) is 0 Å². The monoisotopic (exact) mass is 273 g/mol. The van der Waals surface area contributed by atoms with Crippen molar-refractivity contribution in [2.45, 2.75) is 87.5 Å². The fourth-order valence-electron chi connectivity index (χ4n) is 0.901. The van der Waals surface area contributed by atoms with Crippen molar-refractivity contribution < 1.29 is 0 Å². The molecule has 0 amide bonds. The molecule has 0 aliphatic heterocycles. The Labute approximate surface area is 125 Å². The molecule has 0 aromatic carbocycles. The second-order valence-electron chi connectivity index (χ2n) is 4.82. The molecule has 1 nitrogen and oxygen atoms in total. The first-order valence-electron chi connectivity index (χ1n) is 8.30. The highest BCUT2D eigenvalue weighted by Crippen LogP contribution is 2.28. The molecule has 1 fully saturated rings. The van der Waals surface area contributed by atoms with Gasteiger partial charge >= 0.3 is 0 Å². The second kappa shape index (κ2) is 30.6. The molecular formula is C18H43N. The molecule has 1 aliphatic rings. The fourth-order valence-corrected chi connectivity index (χ4v) is 0.901. The number of rotatable bonds is 2. The van der Waals surface area contributed by atoms with Crippen LogP contribution >= 0.6 is 0 Å². The number of hydrogen-bond acceptors (Lipinski definition) is 1. The van der Waals surface area contributed by atoms with E-state index in [9.17, 15) is 0 Å². The number of allylic oxidation sites excluding steroid dienone is 1. The molecular weight excluding hydrogens is 230 g/mol. The third kappa shape index (κ3) is 46.4. The molecule has 120 valence electrons. The van der Waals surface area contributed by atoms with Crippen LogP contribution in [0.1, 0.15) is 87.5 Å². The van der Waals surface area contributed by atoms with Crippen molar-refractivity contribution in [3.8, 4) is 0 Å². The van der Waals surface area contributed by atoms with Gasteiger partial charge in [-0.2, -0.15) is 0 Å². The van der Waals surface area contributed by atoms with Crippen LogP contribution in [0.3, 0.4) is 0 Å². The summed E-state index contributed by atoms with van der Waals surface area (Å²) in [6.45, 7) is 20.8. The molecule has 0 unspecified atom stereocenters. The molecule has 0 heterocycles. The van der Waals surface area contributed by atoms with Crippen LogP contribution in [-0.4, -0.2) is 6.54 Å². The van der Waals surface area contributed by atoms with Gasteiger partial charge in [0.2, 0.25) is 0 Å². The predicted octanol–water partition coefficient (Wildman–Crippen LogP) is 6.43. The summed E-state index contributed by atoms with van der Waals surface area (Å²) in [5.74, 6) is 2.00. The van der Waals surface area contributed by atoms with E-state index in [0.717, 1.165) is 18.4 Å². The quantitative estimate of drug-likeness (QED) is 0.576. The Balaban J connectivity index is -0.0000000792. The first-order valence-corrected chi connectivity index (χ1v) is 8.30. The van der Waals surface area contributed by atoms with Crippen LogP contribution in [0, 0.1) is 11.8 Å². The van der Waals surface area contributed by atoms with E-state index < -0.39 is 0 Å². The van der Waals surface area contributed by atoms with Crippen LogP contribution in [0.5, 0.6) is 0 Å². The van der Waals surface area contributed by atoms with E-state index in [2.05, 4.69) is 34.3 Å². The Bertz CT molecular complexity index is 112. The lowest BCUT2D eigenvalue weighted by Crippen LogP contribution is -2.08. The lowest BCUT2D eigenvalue weighted by atomic mass is 9.84. The summed E-state index contributed by atoms with van der Waals surface area (Å²) in [5, 5.41) is 0. The summed E-state index contributed by atoms with van der Waals surface area (Å²) in [4.78, 5) is 0. The Kier molecular flexibility index (Phi) is 43.7. The molecule has 1 saturated carbocycles. The molecule has 1 aliphatic carbocycles. The average molecular weight is 274 g/mol. The molecule has 0 radical (unpaired) electrons. The Hall–Kier alpha value is -0.300. The highest BCUT2D eigenvalue weighted by molar-refractivity contribution is 4.66. The number of nitrogens with two attached hydrogens (primary N) is 1. The summed E-state index contributed by atoms with van der Waals surface area (Å²) >= 11 is 0. The molecule has 1 heteroatoms.